The first-order chi connectivity index (χ1) is 25.6. The molecule has 1 saturated heterocycles. The van der Waals surface area contributed by atoms with Gasteiger partial charge in [0.15, 0.2) is 17.9 Å². The van der Waals surface area contributed by atoms with Crippen LogP contribution in [-0.2, 0) is 30.3 Å². The number of benzene rings is 2. The molecule has 1 amide bonds. The molecule has 0 spiro atoms. The molecular weight excluding hydrogens is 716 g/mol. The number of fused-ring (bicyclic) bond motifs is 3. The summed E-state index contributed by atoms with van der Waals surface area (Å²) in [6.07, 6.45) is -7.01. The van der Waals surface area contributed by atoms with Crippen LogP contribution < -0.4 is 14.9 Å². The van der Waals surface area contributed by atoms with Gasteiger partial charge in [-0.05, 0) is 19.4 Å². The highest BCUT2D eigenvalue weighted by Gasteiger charge is 2.50. The van der Waals surface area contributed by atoms with E-state index in [9.17, 15) is 59.7 Å². The van der Waals surface area contributed by atoms with Gasteiger partial charge in [-0.15, -0.1) is 4.73 Å². The topological polar surface area (TPSA) is 281 Å². The second kappa shape index (κ2) is 14.7. The van der Waals surface area contributed by atoms with Crippen LogP contribution in [0.25, 0.3) is 0 Å². The Hall–Kier alpha value is -5.53. The number of nitrogens with zero attached hydrogens (tertiary/aromatic N) is 1. The van der Waals surface area contributed by atoms with Gasteiger partial charge in [0, 0.05) is 60.9 Å². The molecule has 1 fully saturated rings. The summed E-state index contributed by atoms with van der Waals surface area (Å²) in [7, 11) is 1.29. The molecule has 8 N–H and O–H groups in total. The maximum absolute atomic E-state index is 13.9. The average Bonchev–Trinajstić information content (AvgIpc) is 3.45. The van der Waals surface area contributed by atoms with Gasteiger partial charge in [-0.3, -0.25) is 19.2 Å². The summed E-state index contributed by atoms with van der Waals surface area (Å²) in [4.78, 5) is 70.4. The van der Waals surface area contributed by atoms with E-state index in [4.69, 9.17) is 19.0 Å². The van der Waals surface area contributed by atoms with Crippen molar-refractivity contribution in [2.75, 3.05) is 13.7 Å². The van der Waals surface area contributed by atoms with E-state index in [1.807, 2.05) is 0 Å². The maximum atomic E-state index is 13.9. The Morgan fingerprint density at radius 3 is 2.33 bits per heavy atom. The number of phenols is 2. The number of methoxy groups -OCH3 is 1. The van der Waals surface area contributed by atoms with Crippen LogP contribution in [0.1, 0.15) is 88.1 Å². The summed E-state index contributed by atoms with van der Waals surface area (Å²) in [5.41, 5.74) is -4.25. The molecule has 2 aliphatic carbocycles. The van der Waals surface area contributed by atoms with Gasteiger partial charge in [0.2, 0.25) is 23.5 Å². The van der Waals surface area contributed by atoms with Crippen molar-refractivity contribution in [1.82, 2.24) is 10.0 Å². The number of aromatic nitrogens is 1. The fourth-order valence-electron chi connectivity index (χ4n) is 7.17. The number of amides is 1. The van der Waals surface area contributed by atoms with Gasteiger partial charge >= 0.3 is 5.97 Å². The van der Waals surface area contributed by atoms with E-state index in [2.05, 4.69) is 5.32 Å². The predicted molar refractivity (Wildman–Crippen MR) is 179 cm³/mol. The Morgan fingerprint density at radius 2 is 1.67 bits per heavy atom. The van der Waals surface area contributed by atoms with Gasteiger partial charge < -0.3 is 60.1 Å². The third-order valence-electron chi connectivity index (χ3n) is 9.88. The maximum Gasteiger partial charge on any atom is 0.333 e. The number of aromatic hydroxyl groups is 4. The van der Waals surface area contributed by atoms with Crippen molar-refractivity contribution in [1.29, 1.82) is 0 Å². The molecule has 54 heavy (non-hydrogen) atoms. The molecule has 288 valence electrons. The molecule has 1 aromatic heterocycles. The summed E-state index contributed by atoms with van der Waals surface area (Å²) in [5, 5.41) is 77.2. The van der Waals surface area contributed by atoms with Crippen molar-refractivity contribution in [3.05, 3.63) is 63.7 Å². The monoisotopic (exact) mass is 754 g/mol. The quantitative estimate of drug-likeness (QED) is 0.0950. The molecule has 6 atom stereocenters. The molecule has 3 aromatic rings. The SMILES string of the molecule is COc1cccc2c1C(=O)c1c(O)c3c(c(O)c1C2=O)C[C@@](O)(C(=O)CO)C[C@@H]3OC1CC(NC(=O)CCCC(=O)On2c(O)ccc2O)C(O)C(C)O1. The molecule has 18 heteroatoms. The highest BCUT2D eigenvalue weighted by molar-refractivity contribution is 6.31. The molecule has 3 aliphatic rings. The van der Waals surface area contributed by atoms with Gasteiger partial charge in [-0.25, -0.2) is 4.79 Å². The minimum Gasteiger partial charge on any atom is -0.507 e. The minimum absolute atomic E-state index is 0.0107. The van der Waals surface area contributed by atoms with Crippen molar-refractivity contribution < 1.29 is 78.8 Å². The Labute approximate surface area is 306 Å². The van der Waals surface area contributed by atoms with Crippen LogP contribution in [0.2, 0.25) is 0 Å². The molecule has 4 unspecified atom stereocenters. The van der Waals surface area contributed by atoms with E-state index in [1.165, 1.54) is 32.2 Å². The first-order valence-electron chi connectivity index (χ1n) is 16.9. The summed E-state index contributed by atoms with van der Waals surface area (Å²) >= 11 is 0. The minimum atomic E-state index is -2.37. The van der Waals surface area contributed by atoms with Crippen LogP contribution >= 0.6 is 0 Å². The van der Waals surface area contributed by atoms with Crippen molar-refractivity contribution in [3.63, 3.8) is 0 Å². The number of carbonyl (C=O) groups is 5. The second-order valence-corrected chi connectivity index (χ2v) is 13.3. The first kappa shape index (κ1) is 38.2. The zero-order chi connectivity index (χ0) is 39.2. The summed E-state index contributed by atoms with van der Waals surface area (Å²) < 4.78 is 17.8. The Morgan fingerprint density at radius 1 is 0.981 bits per heavy atom. The molecule has 0 saturated carbocycles. The zero-order valence-electron chi connectivity index (χ0n) is 29.0. The fraction of sp³-hybridized carbons (Fsp3) is 0.417. The standard InChI is InChI=1S/C36H38N2O16/c1-15-31(45)18(37-22(41)7-4-8-25(44)54-38-23(42)9-10-24(38)43)11-26(52-15)53-20-13-36(50,21(40)14-39)12-17-28(20)35(49)30-29(33(17)47)32(46)16-5-3-6-19(51-2)27(16)34(30)48/h3,5-6,9-10,15,18,20,26,31,39,42-43,45,47,49-50H,4,7-8,11-14H2,1-2H3,(H,37,41)/t15?,18?,20-,26?,31?,36-/m0/s1. The van der Waals surface area contributed by atoms with Crippen LogP contribution in [-0.4, -0.2) is 114 Å². The Kier molecular flexibility index (Phi) is 10.4. The summed E-state index contributed by atoms with van der Waals surface area (Å²) in [5.74, 6) is -6.69. The van der Waals surface area contributed by atoms with Crippen LogP contribution in [0, 0.1) is 0 Å². The molecule has 6 rings (SSSR count). The van der Waals surface area contributed by atoms with Gasteiger partial charge in [-0.2, -0.15) is 0 Å². The fourth-order valence-corrected chi connectivity index (χ4v) is 7.17. The number of Topliss-reactive ketones (excluding diaryl/α,β-unsaturated/α-hetero) is 1. The third kappa shape index (κ3) is 6.73. The van der Waals surface area contributed by atoms with Gasteiger partial charge in [0.1, 0.15) is 35.6 Å². The lowest BCUT2D eigenvalue weighted by Gasteiger charge is -2.43. The van der Waals surface area contributed by atoms with Crippen molar-refractivity contribution in [3.8, 4) is 29.0 Å². The summed E-state index contributed by atoms with van der Waals surface area (Å²) in [6, 6.07) is 5.47. The number of carbonyl (C=O) groups excluding carboxylic acids is 5. The highest BCUT2D eigenvalue weighted by Crippen LogP contribution is 2.52. The van der Waals surface area contributed by atoms with Gasteiger partial charge in [0.25, 0.3) is 0 Å². The molecule has 0 bridgehead atoms. The molecular formula is C36H38N2O16. The summed E-state index contributed by atoms with van der Waals surface area (Å²) in [6.45, 7) is 0.379. The van der Waals surface area contributed by atoms with Crippen molar-refractivity contribution in [2.45, 2.75) is 81.7 Å². The van der Waals surface area contributed by atoms with Gasteiger partial charge in [-0.1, -0.05) is 12.1 Å². The van der Waals surface area contributed by atoms with Crippen LogP contribution in [0.4, 0.5) is 0 Å². The average molecular weight is 755 g/mol. The number of phenolic OH excluding ortho intramolecular Hbond substituents is 2. The van der Waals surface area contributed by atoms with Gasteiger partial charge in [0.05, 0.1) is 42.0 Å². The van der Waals surface area contributed by atoms with Crippen LogP contribution in [0.15, 0.2) is 30.3 Å². The van der Waals surface area contributed by atoms with Crippen LogP contribution in [0.3, 0.4) is 0 Å². The molecule has 2 aromatic carbocycles. The molecule has 2 heterocycles. The lowest BCUT2D eigenvalue weighted by atomic mass is 9.72. The Bertz CT molecular complexity index is 2020. The number of rotatable bonds is 11. The van der Waals surface area contributed by atoms with E-state index < -0.39 is 119 Å². The third-order valence-corrected chi connectivity index (χ3v) is 9.88. The van der Waals surface area contributed by atoms with E-state index in [-0.39, 0.29) is 53.7 Å². The number of aliphatic hydroxyl groups is 3. The zero-order valence-corrected chi connectivity index (χ0v) is 29.0. The number of nitrogens with one attached hydrogen (secondary N) is 1. The van der Waals surface area contributed by atoms with Crippen LogP contribution in [0.5, 0.6) is 29.0 Å². The lowest BCUT2D eigenvalue weighted by molar-refractivity contribution is -0.249. The highest BCUT2D eigenvalue weighted by atomic mass is 16.7. The van der Waals surface area contributed by atoms with Crippen molar-refractivity contribution >= 4 is 29.2 Å². The molecule has 18 nitrogen and oxygen atoms in total. The lowest BCUT2D eigenvalue weighted by Crippen LogP contribution is -2.55. The number of ketones is 3. The largest absolute Gasteiger partial charge is 0.507 e. The predicted octanol–water partition coefficient (Wildman–Crippen LogP) is 0.197. The molecule has 1 aliphatic heterocycles. The van der Waals surface area contributed by atoms with Crippen molar-refractivity contribution in [2.24, 2.45) is 0 Å². The van der Waals surface area contributed by atoms with E-state index in [0.29, 0.717) is 4.73 Å². The Balaban J connectivity index is 1.24. The van der Waals surface area contributed by atoms with E-state index in [0.717, 1.165) is 12.1 Å². The number of ether oxygens (including phenoxy) is 3. The normalized spacial score (nSPS) is 24.6. The molecule has 0 radical (unpaired) electrons. The van der Waals surface area contributed by atoms with E-state index >= 15 is 0 Å². The first-order valence-corrected chi connectivity index (χ1v) is 16.9. The smallest absolute Gasteiger partial charge is 0.333 e. The number of hydrogen-bond acceptors (Lipinski definition) is 16. The number of aliphatic hydroxyl groups excluding tert-OH is 2. The number of hydrogen-bond donors (Lipinski definition) is 8. The second-order valence-electron chi connectivity index (χ2n) is 13.3. The van der Waals surface area contributed by atoms with E-state index in [1.54, 1.807) is 0 Å².